The van der Waals surface area contributed by atoms with Crippen molar-refractivity contribution < 1.29 is 14.3 Å². The quantitative estimate of drug-likeness (QED) is 0.634. The highest BCUT2D eigenvalue weighted by Crippen LogP contribution is 2.44. The molecule has 1 atom stereocenters. The van der Waals surface area contributed by atoms with E-state index < -0.39 is 14.3 Å². The lowest BCUT2D eigenvalue weighted by molar-refractivity contribution is 0.0695. The van der Waals surface area contributed by atoms with Crippen LogP contribution in [0.2, 0.25) is 18.1 Å². The maximum Gasteiger partial charge on any atom is 0.336 e. The number of benzene rings is 1. The monoisotopic (exact) mass is 402 g/mol. The summed E-state index contributed by atoms with van der Waals surface area (Å²) in [7, 11) is -1.86. The van der Waals surface area contributed by atoms with Gasteiger partial charge in [0.15, 0.2) is 8.32 Å². The normalized spacial score (nSPS) is 20.3. The summed E-state index contributed by atoms with van der Waals surface area (Å²) in [4.78, 5) is 12.7. The van der Waals surface area contributed by atoms with Crippen molar-refractivity contribution in [1.82, 2.24) is 0 Å². The molecule has 0 spiro atoms. The van der Waals surface area contributed by atoms with Crippen LogP contribution < -0.4 is 0 Å². The van der Waals surface area contributed by atoms with E-state index in [0.717, 1.165) is 24.8 Å². The maximum atomic E-state index is 11.5. The van der Waals surface area contributed by atoms with Gasteiger partial charge >= 0.3 is 5.97 Å². The number of rotatable bonds is 5. The SMILES string of the molecule is CC(C)(C)[Si](C)(C)OCC1(c2ccccc2)CCc2c(C(=O)O)csc2C1. The van der Waals surface area contributed by atoms with E-state index in [-0.39, 0.29) is 10.5 Å². The van der Waals surface area contributed by atoms with Gasteiger partial charge in [-0.2, -0.15) is 0 Å². The summed E-state index contributed by atoms with van der Waals surface area (Å²) in [5.74, 6) is -0.808. The van der Waals surface area contributed by atoms with Crippen LogP contribution in [0.3, 0.4) is 0 Å². The molecule has 0 saturated carbocycles. The Balaban J connectivity index is 1.95. The Morgan fingerprint density at radius 3 is 2.52 bits per heavy atom. The van der Waals surface area contributed by atoms with E-state index in [0.29, 0.717) is 12.2 Å². The molecule has 3 rings (SSSR count). The van der Waals surface area contributed by atoms with E-state index in [4.69, 9.17) is 4.43 Å². The highest BCUT2D eigenvalue weighted by atomic mass is 32.1. The number of aromatic carboxylic acids is 1. The molecule has 1 N–H and O–H groups in total. The summed E-state index contributed by atoms with van der Waals surface area (Å²) < 4.78 is 6.69. The minimum atomic E-state index is -1.86. The molecule has 0 saturated heterocycles. The molecular formula is C22H30O3SSi. The molecule has 1 aliphatic rings. The van der Waals surface area contributed by atoms with Crippen molar-refractivity contribution in [3.63, 3.8) is 0 Å². The van der Waals surface area contributed by atoms with Crippen LogP contribution >= 0.6 is 11.3 Å². The summed E-state index contributed by atoms with van der Waals surface area (Å²) in [5.41, 5.74) is 2.75. The molecule has 2 aromatic rings. The molecule has 1 heterocycles. The van der Waals surface area contributed by atoms with Gasteiger partial charge in [0.1, 0.15) is 0 Å². The van der Waals surface area contributed by atoms with Crippen molar-refractivity contribution in [1.29, 1.82) is 0 Å². The van der Waals surface area contributed by atoms with Crippen LogP contribution in [-0.4, -0.2) is 26.0 Å². The molecule has 146 valence electrons. The zero-order valence-electron chi connectivity index (χ0n) is 17.0. The van der Waals surface area contributed by atoms with Crippen LogP contribution in [0.25, 0.3) is 0 Å². The van der Waals surface area contributed by atoms with Crippen molar-refractivity contribution >= 4 is 25.6 Å². The van der Waals surface area contributed by atoms with Gasteiger partial charge in [0.05, 0.1) is 5.56 Å². The first-order valence-electron chi connectivity index (χ1n) is 9.58. The second-order valence-corrected chi connectivity index (χ2v) is 15.0. The van der Waals surface area contributed by atoms with E-state index in [2.05, 4.69) is 58.1 Å². The standard InChI is InChI=1S/C22H30O3SSi/c1-21(2,3)27(4,5)25-15-22(16-9-7-6-8-10-16)12-11-17-18(20(23)24)14-26-19(17)13-22/h6-10,14H,11-13,15H2,1-5H3,(H,23,24). The summed E-state index contributed by atoms with van der Waals surface area (Å²) in [6.45, 7) is 12.1. The number of carbonyl (C=O) groups is 1. The average Bonchev–Trinajstić information content (AvgIpc) is 3.03. The van der Waals surface area contributed by atoms with Crippen molar-refractivity contribution in [2.75, 3.05) is 6.61 Å². The second-order valence-electron chi connectivity index (χ2n) is 9.23. The lowest BCUT2D eigenvalue weighted by Gasteiger charge is -2.43. The minimum absolute atomic E-state index is 0.0790. The van der Waals surface area contributed by atoms with E-state index >= 15 is 0 Å². The van der Waals surface area contributed by atoms with E-state index in [1.807, 2.05) is 11.4 Å². The Kier molecular flexibility index (Phi) is 5.41. The minimum Gasteiger partial charge on any atom is -0.478 e. The Morgan fingerprint density at radius 2 is 1.93 bits per heavy atom. The lowest BCUT2D eigenvalue weighted by Crippen LogP contribution is -2.47. The van der Waals surface area contributed by atoms with Gasteiger partial charge in [-0.25, -0.2) is 4.79 Å². The van der Waals surface area contributed by atoms with Crippen LogP contribution in [0.15, 0.2) is 35.7 Å². The Labute approximate surface area is 167 Å². The molecule has 0 aliphatic heterocycles. The van der Waals surface area contributed by atoms with E-state index in [1.54, 1.807) is 11.3 Å². The van der Waals surface area contributed by atoms with Gasteiger partial charge < -0.3 is 9.53 Å². The van der Waals surface area contributed by atoms with Gasteiger partial charge in [-0.1, -0.05) is 51.1 Å². The van der Waals surface area contributed by atoms with Gasteiger partial charge in [0.25, 0.3) is 0 Å². The first-order valence-corrected chi connectivity index (χ1v) is 13.4. The fraction of sp³-hybridized carbons (Fsp3) is 0.500. The highest BCUT2D eigenvalue weighted by molar-refractivity contribution is 7.10. The van der Waals surface area contributed by atoms with Crippen LogP contribution in [0.5, 0.6) is 0 Å². The van der Waals surface area contributed by atoms with Crippen molar-refractivity contribution in [3.8, 4) is 0 Å². The Bertz CT molecular complexity index is 820. The van der Waals surface area contributed by atoms with Crippen molar-refractivity contribution in [2.24, 2.45) is 0 Å². The van der Waals surface area contributed by atoms with Crippen LogP contribution in [-0.2, 0) is 22.7 Å². The third kappa shape index (κ3) is 3.91. The number of carboxylic acid groups (broad SMARTS) is 1. The van der Waals surface area contributed by atoms with Gasteiger partial charge in [0.2, 0.25) is 0 Å². The number of carboxylic acids is 1. The number of hydrogen-bond acceptors (Lipinski definition) is 3. The lowest BCUT2D eigenvalue weighted by atomic mass is 9.70. The number of hydrogen-bond donors (Lipinski definition) is 1. The maximum absolute atomic E-state index is 11.5. The topological polar surface area (TPSA) is 46.5 Å². The van der Waals surface area contributed by atoms with Crippen molar-refractivity contribution in [2.45, 2.75) is 63.6 Å². The summed E-state index contributed by atoms with van der Waals surface area (Å²) in [6, 6.07) is 10.6. The van der Waals surface area contributed by atoms with E-state index in [9.17, 15) is 9.90 Å². The van der Waals surface area contributed by atoms with Gasteiger partial charge in [-0.3, -0.25) is 0 Å². The molecular weight excluding hydrogens is 372 g/mol. The molecule has 0 fully saturated rings. The highest BCUT2D eigenvalue weighted by Gasteiger charge is 2.43. The molecule has 1 aromatic carbocycles. The average molecular weight is 403 g/mol. The third-order valence-corrected chi connectivity index (χ3v) is 12.0. The fourth-order valence-electron chi connectivity index (χ4n) is 3.56. The predicted octanol–water partition coefficient (Wildman–Crippen LogP) is 5.89. The smallest absolute Gasteiger partial charge is 0.336 e. The number of thiophene rings is 1. The van der Waals surface area contributed by atoms with Crippen molar-refractivity contribution in [3.05, 3.63) is 57.3 Å². The molecule has 1 aliphatic carbocycles. The predicted molar refractivity (Wildman–Crippen MR) is 115 cm³/mol. The number of fused-ring (bicyclic) bond motifs is 1. The largest absolute Gasteiger partial charge is 0.478 e. The molecule has 1 unspecified atom stereocenters. The first-order chi connectivity index (χ1) is 12.6. The Hall–Kier alpha value is -1.43. The van der Waals surface area contributed by atoms with Gasteiger partial charge in [0, 0.05) is 22.3 Å². The second kappa shape index (κ2) is 7.19. The fourth-order valence-corrected chi connectivity index (χ4v) is 5.85. The molecule has 3 nitrogen and oxygen atoms in total. The Morgan fingerprint density at radius 1 is 1.26 bits per heavy atom. The third-order valence-electron chi connectivity index (χ3n) is 6.47. The summed E-state index contributed by atoms with van der Waals surface area (Å²) in [6.07, 6.45) is 2.59. The summed E-state index contributed by atoms with van der Waals surface area (Å²) in [5, 5.41) is 11.4. The van der Waals surface area contributed by atoms with Crippen LogP contribution in [0.4, 0.5) is 0 Å². The van der Waals surface area contributed by atoms with Gasteiger partial charge in [-0.05, 0) is 48.5 Å². The molecule has 0 amide bonds. The van der Waals surface area contributed by atoms with Gasteiger partial charge in [-0.15, -0.1) is 11.3 Å². The summed E-state index contributed by atoms with van der Waals surface area (Å²) >= 11 is 1.59. The zero-order chi connectivity index (χ0) is 19.9. The molecule has 0 radical (unpaired) electrons. The first kappa shape index (κ1) is 20.3. The molecule has 0 bridgehead atoms. The van der Waals surface area contributed by atoms with Crippen LogP contribution in [0, 0.1) is 0 Å². The van der Waals surface area contributed by atoms with Crippen LogP contribution in [0.1, 0.15) is 53.6 Å². The molecule has 1 aromatic heterocycles. The molecule has 27 heavy (non-hydrogen) atoms. The zero-order valence-corrected chi connectivity index (χ0v) is 18.8. The van der Waals surface area contributed by atoms with E-state index in [1.165, 1.54) is 10.4 Å². The molecule has 5 heteroatoms.